The van der Waals surface area contributed by atoms with Gasteiger partial charge in [-0.2, -0.15) is 0 Å². The number of hydrogen-bond donors (Lipinski definition) is 1. The van der Waals surface area contributed by atoms with Crippen LogP contribution in [0.4, 0.5) is 5.69 Å². The molecule has 0 spiro atoms. The highest BCUT2D eigenvalue weighted by Crippen LogP contribution is 2.34. The summed E-state index contributed by atoms with van der Waals surface area (Å²) < 4.78 is 0. The van der Waals surface area contributed by atoms with Gasteiger partial charge in [-0.3, -0.25) is 4.98 Å². The predicted molar refractivity (Wildman–Crippen MR) is 126 cm³/mol. The topological polar surface area (TPSA) is 41.0 Å². The molecule has 0 fully saturated rings. The number of para-hydroxylation sites is 1. The summed E-state index contributed by atoms with van der Waals surface area (Å²) in [6.45, 7) is 3.59. The number of anilines is 1. The molecule has 0 aliphatic rings. The number of nitrogens with zero attached hydrogens (tertiary/aromatic N) is 3. The molecule has 150 valence electrons. The molecule has 2 aromatic heterocycles. The second-order valence-corrected chi connectivity index (χ2v) is 7.82. The lowest BCUT2D eigenvalue weighted by Gasteiger charge is -2.20. The number of pyridine rings is 2. The van der Waals surface area contributed by atoms with E-state index in [0.29, 0.717) is 11.8 Å². The normalized spacial score (nSPS) is 11.7. The average molecular weight is 427 g/mol. The molecule has 0 unspecified atom stereocenters. The van der Waals surface area contributed by atoms with Gasteiger partial charge in [-0.05, 0) is 25.1 Å². The standard InChI is InChI=1S/C23H24Cl2N4/c24-9-14-29(15-10-25)13-3-11-27-22-19-4-1-2-5-21(19)28-23-18-8-12-26-16-17(18)6-7-20(22)23/h1-2,4-8,12,16H,3,9-11,13-15H2,(H,27,28). The smallest absolute Gasteiger partial charge is 0.0809 e. The summed E-state index contributed by atoms with van der Waals surface area (Å²) >= 11 is 11.8. The largest absolute Gasteiger partial charge is 0.384 e. The Hall–Kier alpha value is -2.14. The van der Waals surface area contributed by atoms with Crippen molar-refractivity contribution in [3.8, 4) is 0 Å². The van der Waals surface area contributed by atoms with Crippen LogP contribution in [0.1, 0.15) is 6.42 Å². The minimum absolute atomic E-state index is 0.631. The van der Waals surface area contributed by atoms with E-state index >= 15 is 0 Å². The number of fused-ring (bicyclic) bond motifs is 4. The molecule has 6 heteroatoms. The van der Waals surface area contributed by atoms with Crippen molar-refractivity contribution in [2.24, 2.45) is 0 Å². The maximum atomic E-state index is 5.91. The van der Waals surface area contributed by atoms with E-state index in [2.05, 4.69) is 45.5 Å². The first-order valence-electron chi connectivity index (χ1n) is 9.95. The Morgan fingerprint density at radius 1 is 0.862 bits per heavy atom. The molecule has 0 saturated carbocycles. The van der Waals surface area contributed by atoms with Gasteiger partial charge in [0, 0.05) is 65.3 Å². The fraction of sp³-hybridized carbons (Fsp3) is 0.304. The van der Waals surface area contributed by atoms with Crippen LogP contribution in [-0.2, 0) is 0 Å². The van der Waals surface area contributed by atoms with Crippen LogP contribution in [-0.4, -0.2) is 52.8 Å². The second kappa shape index (κ2) is 9.57. The minimum Gasteiger partial charge on any atom is -0.384 e. The van der Waals surface area contributed by atoms with Crippen molar-refractivity contribution in [2.75, 3.05) is 43.3 Å². The molecule has 4 aromatic rings. The fourth-order valence-electron chi connectivity index (χ4n) is 3.80. The van der Waals surface area contributed by atoms with Crippen LogP contribution in [0.2, 0.25) is 0 Å². The summed E-state index contributed by atoms with van der Waals surface area (Å²) in [4.78, 5) is 11.5. The van der Waals surface area contributed by atoms with Crippen molar-refractivity contribution >= 4 is 61.5 Å². The molecule has 2 aromatic carbocycles. The highest BCUT2D eigenvalue weighted by molar-refractivity contribution is 6.18. The second-order valence-electron chi connectivity index (χ2n) is 7.06. The Morgan fingerprint density at radius 3 is 2.52 bits per heavy atom. The van der Waals surface area contributed by atoms with Crippen molar-refractivity contribution in [3.63, 3.8) is 0 Å². The van der Waals surface area contributed by atoms with Crippen molar-refractivity contribution in [3.05, 3.63) is 54.9 Å². The van der Waals surface area contributed by atoms with Crippen LogP contribution in [0.5, 0.6) is 0 Å². The minimum atomic E-state index is 0.631. The number of benzene rings is 2. The monoisotopic (exact) mass is 426 g/mol. The third kappa shape index (κ3) is 4.40. The van der Waals surface area contributed by atoms with Crippen molar-refractivity contribution in [1.29, 1.82) is 0 Å². The molecule has 1 N–H and O–H groups in total. The third-order valence-electron chi connectivity index (χ3n) is 5.22. The quantitative estimate of drug-likeness (QED) is 0.165. The van der Waals surface area contributed by atoms with Crippen LogP contribution in [0.3, 0.4) is 0 Å². The average Bonchev–Trinajstić information content (AvgIpc) is 2.76. The highest BCUT2D eigenvalue weighted by Gasteiger charge is 2.11. The van der Waals surface area contributed by atoms with Gasteiger partial charge in [0.2, 0.25) is 0 Å². The number of aromatic nitrogens is 2. The highest BCUT2D eigenvalue weighted by atomic mass is 35.5. The van der Waals surface area contributed by atoms with Crippen LogP contribution in [0.15, 0.2) is 54.9 Å². The molecule has 29 heavy (non-hydrogen) atoms. The predicted octanol–water partition coefficient (Wildman–Crippen LogP) is 5.52. The van der Waals surface area contributed by atoms with Crippen LogP contribution in [0.25, 0.3) is 32.6 Å². The van der Waals surface area contributed by atoms with Gasteiger partial charge in [-0.1, -0.05) is 30.3 Å². The van der Waals surface area contributed by atoms with E-state index in [1.807, 2.05) is 24.5 Å². The zero-order valence-electron chi connectivity index (χ0n) is 16.2. The summed E-state index contributed by atoms with van der Waals surface area (Å²) in [5.74, 6) is 1.26. The van der Waals surface area contributed by atoms with E-state index in [0.717, 1.165) is 70.9 Å². The molecule has 0 aliphatic carbocycles. The number of halogens is 2. The summed E-state index contributed by atoms with van der Waals surface area (Å²) in [6, 6.07) is 14.6. The summed E-state index contributed by atoms with van der Waals surface area (Å²) in [5, 5.41) is 8.20. The fourth-order valence-corrected chi connectivity index (χ4v) is 4.28. The van der Waals surface area contributed by atoms with Gasteiger partial charge in [-0.15, -0.1) is 23.2 Å². The van der Waals surface area contributed by atoms with E-state index in [1.54, 1.807) is 0 Å². The molecule has 0 aliphatic heterocycles. The number of alkyl halides is 2. The molecule has 0 amide bonds. The van der Waals surface area contributed by atoms with Gasteiger partial charge >= 0.3 is 0 Å². The van der Waals surface area contributed by atoms with E-state index in [1.165, 1.54) is 0 Å². The molecule has 4 rings (SSSR count). The molecule has 4 nitrogen and oxygen atoms in total. The Balaban J connectivity index is 1.65. The van der Waals surface area contributed by atoms with Gasteiger partial charge in [0.25, 0.3) is 0 Å². The number of hydrogen-bond acceptors (Lipinski definition) is 4. The Morgan fingerprint density at radius 2 is 1.69 bits per heavy atom. The first-order valence-corrected chi connectivity index (χ1v) is 11.0. The Labute approximate surface area is 180 Å². The van der Waals surface area contributed by atoms with Gasteiger partial charge in [0.05, 0.1) is 16.7 Å². The summed E-state index contributed by atoms with van der Waals surface area (Å²) in [7, 11) is 0. The maximum absolute atomic E-state index is 5.91. The maximum Gasteiger partial charge on any atom is 0.0809 e. The van der Waals surface area contributed by atoms with Gasteiger partial charge < -0.3 is 10.2 Å². The van der Waals surface area contributed by atoms with Gasteiger partial charge in [0.15, 0.2) is 0 Å². The third-order valence-corrected chi connectivity index (χ3v) is 5.56. The lowest BCUT2D eigenvalue weighted by Crippen LogP contribution is -2.30. The van der Waals surface area contributed by atoms with Crippen LogP contribution < -0.4 is 5.32 Å². The van der Waals surface area contributed by atoms with E-state index in [4.69, 9.17) is 28.2 Å². The lowest BCUT2D eigenvalue weighted by atomic mass is 10.0. The lowest BCUT2D eigenvalue weighted by molar-refractivity contribution is 0.306. The van der Waals surface area contributed by atoms with Crippen molar-refractivity contribution < 1.29 is 0 Å². The van der Waals surface area contributed by atoms with Gasteiger partial charge in [-0.25, -0.2) is 4.98 Å². The zero-order valence-corrected chi connectivity index (χ0v) is 17.8. The van der Waals surface area contributed by atoms with E-state index in [9.17, 15) is 0 Å². The zero-order chi connectivity index (χ0) is 20.1. The first-order chi connectivity index (χ1) is 14.3. The number of rotatable bonds is 9. The van der Waals surface area contributed by atoms with Crippen molar-refractivity contribution in [1.82, 2.24) is 14.9 Å². The van der Waals surface area contributed by atoms with Crippen LogP contribution in [0, 0.1) is 0 Å². The molecule has 0 atom stereocenters. The SMILES string of the molecule is ClCCN(CCCl)CCCNc1c2ccccc2nc2c1ccc1cnccc12. The summed E-state index contributed by atoms with van der Waals surface area (Å²) in [6.07, 6.45) is 4.73. The number of nitrogens with one attached hydrogen (secondary N) is 1. The van der Waals surface area contributed by atoms with Gasteiger partial charge in [0.1, 0.15) is 0 Å². The van der Waals surface area contributed by atoms with Crippen LogP contribution >= 0.6 is 23.2 Å². The molecule has 0 bridgehead atoms. The molecular formula is C23H24Cl2N4. The Bertz CT molecular complexity index is 1110. The first kappa shape index (κ1) is 20.1. The van der Waals surface area contributed by atoms with Crippen molar-refractivity contribution in [2.45, 2.75) is 6.42 Å². The summed E-state index contributed by atoms with van der Waals surface area (Å²) in [5.41, 5.74) is 3.15. The van der Waals surface area contributed by atoms with E-state index in [-0.39, 0.29) is 0 Å². The Kier molecular flexibility index (Phi) is 6.65. The molecule has 0 radical (unpaired) electrons. The van der Waals surface area contributed by atoms with E-state index < -0.39 is 0 Å². The molecule has 0 saturated heterocycles. The molecular weight excluding hydrogens is 403 g/mol. The molecule has 2 heterocycles.